The Balaban J connectivity index is 1.69. The summed E-state index contributed by atoms with van der Waals surface area (Å²) >= 11 is 2.23. The van der Waals surface area contributed by atoms with Gasteiger partial charge >= 0.3 is 11.7 Å². The van der Waals surface area contributed by atoms with Crippen LogP contribution in [0.15, 0.2) is 45.1 Å². The van der Waals surface area contributed by atoms with Crippen molar-refractivity contribution in [3.63, 3.8) is 0 Å². The van der Waals surface area contributed by atoms with E-state index >= 15 is 0 Å². The summed E-state index contributed by atoms with van der Waals surface area (Å²) < 4.78 is 2.24. The Labute approximate surface area is 166 Å². The van der Waals surface area contributed by atoms with Crippen LogP contribution in [-0.2, 0) is 18.4 Å². The van der Waals surface area contributed by atoms with Crippen molar-refractivity contribution < 1.29 is 14.7 Å². The Bertz CT molecular complexity index is 1150. The lowest BCUT2D eigenvalue weighted by Crippen LogP contribution is -2.41. The van der Waals surface area contributed by atoms with Gasteiger partial charge in [-0.25, -0.2) is 9.59 Å². The van der Waals surface area contributed by atoms with Gasteiger partial charge in [0.25, 0.3) is 5.56 Å². The number of carbonyl (C=O) groups is 2. The van der Waals surface area contributed by atoms with Crippen LogP contribution in [0.1, 0.15) is 9.67 Å². The van der Waals surface area contributed by atoms with Gasteiger partial charge in [-0.15, -0.1) is 23.1 Å². The molecular formula is C17H16N4O5S2. The quantitative estimate of drug-likeness (QED) is 0.541. The van der Waals surface area contributed by atoms with Gasteiger partial charge < -0.3 is 10.4 Å². The van der Waals surface area contributed by atoms with Crippen LogP contribution in [0, 0.1) is 0 Å². The zero-order valence-electron chi connectivity index (χ0n) is 14.7. The molecule has 1 amide bonds. The Kier molecular flexibility index (Phi) is 5.95. The molecular weight excluding hydrogens is 404 g/mol. The van der Waals surface area contributed by atoms with Gasteiger partial charge in [-0.05, 0) is 18.2 Å². The highest BCUT2D eigenvalue weighted by Gasteiger charge is 2.17. The number of pyridine rings is 1. The number of hydrogen-bond donors (Lipinski definition) is 2. The third-order valence-corrected chi connectivity index (χ3v) is 6.11. The fourth-order valence-electron chi connectivity index (χ4n) is 2.53. The first-order chi connectivity index (χ1) is 13.4. The number of thiophene rings is 1. The van der Waals surface area contributed by atoms with E-state index in [9.17, 15) is 19.2 Å². The highest BCUT2D eigenvalue weighted by molar-refractivity contribution is 8.00. The minimum absolute atomic E-state index is 0.00857. The summed E-state index contributed by atoms with van der Waals surface area (Å²) in [6, 6.07) is 4.86. The summed E-state index contributed by atoms with van der Waals surface area (Å²) in [4.78, 5) is 53.2. The maximum absolute atomic E-state index is 12.6. The molecule has 0 saturated heterocycles. The normalized spacial score (nSPS) is 10.9. The SMILES string of the molecule is Cn1c(=O)n(CCNC(=O)CSc2ccncc2)c(=O)c2cc(C(=O)O)sc21. The number of aryl methyl sites for hydroxylation is 1. The molecule has 9 nitrogen and oxygen atoms in total. The van der Waals surface area contributed by atoms with Crippen LogP contribution < -0.4 is 16.6 Å². The minimum Gasteiger partial charge on any atom is -0.477 e. The van der Waals surface area contributed by atoms with E-state index in [0.717, 1.165) is 20.8 Å². The molecule has 3 rings (SSSR count). The molecule has 0 saturated carbocycles. The number of aromatic carboxylic acids is 1. The van der Waals surface area contributed by atoms with E-state index in [1.54, 1.807) is 24.5 Å². The fourth-order valence-corrected chi connectivity index (χ4v) is 4.19. The highest BCUT2D eigenvalue weighted by atomic mass is 32.2. The molecule has 0 radical (unpaired) electrons. The Hall–Kier alpha value is -2.92. The second kappa shape index (κ2) is 8.40. The number of carboxylic acids is 1. The monoisotopic (exact) mass is 420 g/mol. The lowest BCUT2D eigenvalue weighted by Gasteiger charge is -2.09. The molecule has 28 heavy (non-hydrogen) atoms. The number of fused-ring (bicyclic) bond motifs is 1. The van der Waals surface area contributed by atoms with E-state index in [1.807, 2.05) is 0 Å². The number of nitrogens with one attached hydrogen (secondary N) is 1. The molecule has 0 aliphatic rings. The predicted octanol–water partition coefficient (Wildman–Crippen LogP) is 0.763. The molecule has 3 aromatic heterocycles. The van der Waals surface area contributed by atoms with Gasteiger partial charge in [0.2, 0.25) is 5.91 Å². The van der Waals surface area contributed by atoms with Crippen molar-refractivity contribution in [3.8, 4) is 0 Å². The molecule has 0 aliphatic carbocycles. The van der Waals surface area contributed by atoms with Crippen LogP contribution in [-0.4, -0.2) is 43.4 Å². The lowest BCUT2D eigenvalue weighted by molar-refractivity contribution is -0.118. The number of carbonyl (C=O) groups excluding carboxylic acids is 1. The molecule has 0 unspecified atom stereocenters. The molecule has 146 valence electrons. The number of aromatic nitrogens is 3. The summed E-state index contributed by atoms with van der Waals surface area (Å²) in [5, 5.41) is 11.9. The zero-order valence-corrected chi connectivity index (χ0v) is 16.4. The molecule has 0 atom stereocenters. The average molecular weight is 420 g/mol. The Morgan fingerprint density at radius 3 is 2.68 bits per heavy atom. The number of hydrogen-bond acceptors (Lipinski definition) is 7. The van der Waals surface area contributed by atoms with Gasteiger partial charge in [-0.2, -0.15) is 0 Å². The third kappa shape index (κ3) is 4.15. The van der Waals surface area contributed by atoms with Crippen LogP contribution in [0.3, 0.4) is 0 Å². The van der Waals surface area contributed by atoms with Crippen LogP contribution >= 0.6 is 23.1 Å². The molecule has 0 bridgehead atoms. The lowest BCUT2D eigenvalue weighted by atomic mass is 10.3. The van der Waals surface area contributed by atoms with Gasteiger partial charge in [0, 0.05) is 37.4 Å². The predicted molar refractivity (Wildman–Crippen MR) is 106 cm³/mol. The van der Waals surface area contributed by atoms with E-state index in [0.29, 0.717) is 4.83 Å². The number of thioether (sulfide) groups is 1. The van der Waals surface area contributed by atoms with Crippen molar-refractivity contribution in [1.29, 1.82) is 0 Å². The smallest absolute Gasteiger partial charge is 0.345 e. The topological polar surface area (TPSA) is 123 Å². The van der Waals surface area contributed by atoms with E-state index in [4.69, 9.17) is 5.11 Å². The maximum Gasteiger partial charge on any atom is 0.345 e. The van der Waals surface area contributed by atoms with Crippen LogP contribution in [0.25, 0.3) is 10.2 Å². The van der Waals surface area contributed by atoms with Gasteiger partial charge in [-0.1, -0.05) is 0 Å². The molecule has 3 aromatic rings. The number of carboxylic acid groups (broad SMARTS) is 1. The van der Waals surface area contributed by atoms with Crippen molar-refractivity contribution in [2.24, 2.45) is 7.05 Å². The molecule has 0 spiro atoms. The molecule has 0 aliphatic heterocycles. The Morgan fingerprint density at radius 2 is 2.00 bits per heavy atom. The highest BCUT2D eigenvalue weighted by Crippen LogP contribution is 2.21. The van der Waals surface area contributed by atoms with Crippen LogP contribution in [0.4, 0.5) is 0 Å². The number of nitrogens with zero attached hydrogens (tertiary/aromatic N) is 3. The van der Waals surface area contributed by atoms with Crippen molar-refractivity contribution in [1.82, 2.24) is 19.4 Å². The van der Waals surface area contributed by atoms with Gasteiger partial charge in [0.1, 0.15) is 9.71 Å². The first kappa shape index (κ1) is 19.8. The van der Waals surface area contributed by atoms with Crippen molar-refractivity contribution >= 4 is 45.2 Å². The summed E-state index contributed by atoms with van der Waals surface area (Å²) in [6.45, 7) is 0.0949. The molecule has 2 N–H and O–H groups in total. The van der Waals surface area contributed by atoms with Gasteiger partial charge in [0.15, 0.2) is 0 Å². The van der Waals surface area contributed by atoms with Crippen molar-refractivity contribution in [2.75, 3.05) is 12.3 Å². The first-order valence-electron chi connectivity index (χ1n) is 8.14. The van der Waals surface area contributed by atoms with Gasteiger partial charge in [-0.3, -0.25) is 23.7 Å². The van der Waals surface area contributed by atoms with E-state index in [2.05, 4.69) is 10.3 Å². The molecule has 11 heteroatoms. The second-order valence-electron chi connectivity index (χ2n) is 5.75. The summed E-state index contributed by atoms with van der Waals surface area (Å²) in [5.74, 6) is -1.18. The Morgan fingerprint density at radius 1 is 1.29 bits per heavy atom. The first-order valence-corrected chi connectivity index (χ1v) is 9.95. The van der Waals surface area contributed by atoms with Gasteiger partial charge in [0.05, 0.1) is 11.1 Å². The fraction of sp³-hybridized carbons (Fsp3) is 0.235. The van der Waals surface area contributed by atoms with Crippen LogP contribution in [0.5, 0.6) is 0 Å². The maximum atomic E-state index is 12.6. The molecule has 0 fully saturated rings. The third-order valence-electron chi connectivity index (χ3n) is 3.90. The van der Waals surface area contributed by atoms with Crippen LogP contribution in [0.2, 0.25) is 0 Å². The second-order valence-corrected chi connectivity index (χ2v) is 7.83. The average Bonchev–Trinajstić information content (AvgIpc) is 3.14. The zero-order chi connectivity index (χ0) is 20.3. The number of rotatable bonds is 7. The van der Waals surface area contributed by atoms with E-state index in [1.165, 1.54) is 29.4 Å². The van der Waals surface area contributed by atoms with E-state index in [-0.39, 0.29) is 35.0 Å². The van der Waals surface area contributed by atoms with Crippen molar-refractivity contribution in [3.05, 3.63) is 56.3 Å². The summed E-state index contributed by atoms with van der Waals surface area (Å²) in [6.07, 6.45) is 3.28. The van der Waals surface area contributed by atoms with Crippen molar-refractivity contribution in [2.45, 2.75) is 11.4 Å². The number of amides is 1. The van der Waals surface area contributed by atoms with E-state index < -0.39 is 17.2 Å². The summed E-state index contributed by atoms with van der Waals surface area (Å²) in [7, 11) is 1.48. The summed E-state index contributed by atoms with van der Waals surface area (Å²) in [5.41, 5.74) is -1.13. The minimum atomic E-state index is -1.15. The molecule has 0 aromatic carbocycles. The largest absolute Gasteiger partial charge is 0.477 e. The molecule has 3 heterocycles. The standard InChI is InChI=1S/C17H16N4O5S2/c1-20-15-11(8-12(28-15)16(24)25)14(23)21(17(20)26)7-6-19-13(22)9-27-10-2-4-18-5-3-10/h2-5,8H,6-7,9H2,1H3,(H,19,22)(H,24,25).